The number of nitrogens with zero attached hydrogens (tertiary/aromatic N) is 4. The number of carbonyl (C=O) groups excluding carboxylic acids is 1. The normalized spacial score (nSPS) is 10.7. The van der Waals surface area contributed by atoms with Crippen molar-refractivity contribution in [1.82, 2.24) is 25.1 Å². The second-order valence-electron chi connectivity index (χ2n) is 5.05. The Kier molecular flexibility index (Phi) is 4.47. The summed E-state index contributed by atoms with van der Waals surface area (Å²) in [5.41, 5.74) is 2.63. The van der Waals surface area contributed by atoms with Gasteiger partial charge in [-0.05, 0) is 31.5 Å². The van der Waals surface area contributed by atoms with E-state index < -0.39 is 0 Å². The van der Waals surface area contributed by atoms with E-state index in [9.17, 15) is 4.79 Å². The summed E-state index contributed by atoms with van der Waals surface area (Å²) < 4.78 is 1.33. The number of aryl methyl sites for hydroxylation is 1. The molecule has 0 saturated carbocycles. The van der Waals surface area contributed by atoms with E-state index in [0.717, 1.165) is 33.3 Å². The van der Waals surface area contributed by atoms with E-state index in [0.29, 0.717) is 6.54 Å². The number of pyridine rings is 1. The van der Waals surface area contributed by atoms with Gasteiger partial charge >= 0.3 is 6.03 Å². The molecule has 0 bridgehead atoms. The summed E-state index contributed by atoms with van der Waals surface area (Å²) in [5, 5.41) is 8.06. The predicted octanol–water partition coefficient (Wildman–Crippen LogP) is 3.34. The fourth-order valence-corrected chi connectivity index (χ4v) is 3.14. The topological polar surface area (TPSA) is 72.7 Å². The van der Waals surface area contributed by atoms with Crippen molar-refractivity contribution >= 4 is 17.4 Å². The van der Waals surface area contributed by atoms with E-state index in [1.165, 1.54) is 4.68 Å². The van der Waals surface area contributed by atoms with Crippen molar-refractivity contribution in [3.05, 3.63) is 42.5 Å². The highest BCUT2D eigenvalue weighted by Gasteiger charge is 2.15. The summed E-state index contributed by atoms with van der Waals surface area (Å²) in [6.07, 6.45) is 6.09. The van der Waals surface area contributed by atoms with E-state index in [1.54, 1.807) is 29.9 Å². The average Bonchev–Trinajstić information content (AvgIpc) is 3.20. The van der Waals surface area contributed by atoms with Gasteiger partial charge in [0.1, 0.15) is 10.7 Å². The summed E-state index contributed by atoms with van der Waals surface area (Å²) in [6, 6.07) is 5.48. The van der Waals surface area contributed by atoms with Crippen LogP contribution in [0.25, 0.3) is 21.1 Å². The first-order valence-electron chi connectivity index (χ1n) is 7.41. The lowest BCUT2D eigenvalue weighted by Crippen LogP contribution is -2.29. The van der Waals surface area contributed by atoms with Crippen molar-refractivity contribution in [3.63, 3.8) is 0 Å². The van der Waals surface area contributed by atoms with E-state index in [1.807, 2.05) is 32.0 Å². The molecule has 0 atom stereocenters. The monoisotopic (exact) mass is 327 g/mol. The highest BCUT2D eigenvalue weighted by atomic mass is 32.1. The third-order valence-corrected chi connectivity index (χ3v) is 4.49. The van der Waals surface area contributed by atoms with E-state index in [-0.39, 0.29) is 6.03 Å². The lowest BCUT2D eigenvalue weighted by molar-refractivity contribution is 0.239. The third kappa shape index (κ3) is 3.29. The molecule has 1 N–H and O–H groups in total. The number of rotatable bonds is 4. The third-order valence-electron chi connectivity index (χ3n) is 3.26. The molecule has 3 aromatic heterocycles. The first-order valence-corrected chi connectivity index (χ1v) is 8.22. The molecule has 7 heteroatoms. The Balaban J connectivity index is 1.87. The van der Waals surface area contributed by atoms with Gasteiger partial charge in [-0.1, -0.05) is 6.92 Å². The molecule has 1 amide bonds. The van der Waals surface area contributed by atoms with Crippen LogP contribution in [0.15, 0.2) is 36.8 Å². The second kappa shape index (κ2) is 6.70. The number of amides is 1. The molecular weight excluding hydrogens is 310 g/mol. The van der Waals surface area contributed by atoms with Gasteiger partial charge in [0.2, 0.25) is 0 Å². The maximum absolute atomic E-state index is 11.9. The summed E-state index contributed by atoms with van der Waals surface area (Å²) in [6.45, 7) is 4.59. The van der Waals surface area contributed by atoms with E-state index >= 15 is 0 Å². The van der Waals surface area contributed by atoms with Crippen molar-refractivity contribution in [2.45, 2.75) is 20.3 Å². The van der Waals surface area contributed by atoms with E-state index in [4.69, 9.17) is 0 Å². The SMILES string of the molecule is CCCNC(=O)n1ccc(-c2sc(-c3cccnc3)nc2C)n1. The first-order chi connectivity index (χ1) is 11.2. The molecule has 0 unspecified atom stereocenters. The van der Waals surface area contributed by atoms with Crippen molar-refractivity contribution in [1.29, 1.82) is 0 Å². The molecule has 0 saturated heterocycles. The van der Waals surface area contributed by atoms with Crippen LogP contribution in [0.1, 0.15) is 19.0 Å². The maximum Gasteiger partial charge on any atom is 0.342 e. The van der Waals surface area contributed by atoms with Gasteiger partial charge in [0.15, 0.2) is 0 Å². The van der Waals surface area contributed by atoms with Crippen LogP contribution in [0, 0.1) is 6.92 Å². The number of thiazole rings is 1. The van der Waals surface area contributed by atoms with Crippen LogP contribution in [0.5, 0.6) is 0 Å². The van der Waals surface area contributed by atoms with Crippen LogP contribution in [-0.4, -0.2) is 32.3 Å². The molecule has 0 aromatic carbocycles. The molecule has 118 valence electrons. The largest absolute Gasteiger partial charge is 0.342 e. The van der Waals surface area contributed by atoms with Crippen molar-refractivity contribution < 1.29 is 4.79 Å². The molecule has 0 spiro atoms. The fraction of sp³-hybridized carbons (Fsp3) is 0.250. The van der Waals surface area contributed by atoms with Gasteiger partial charge in [-0.3, -0.25) is 4.98 Å². The Morgan fingerprint density at radius 2 is 2.26 bits per heavy atom. The van der Waals surface area contributed by atoms with Gasteiger partial charge < -0.3 is 5.32 Å². The molecular formula is C16H17N5OS. The van der Waals surface area contributed by atoms with Gasteiger partial charge in [0.25, 0.3) is 0 Å². The minimum atomic E-state index is -0.215. The Labute approximate surface area is 138 Å². The molecule has 0 aliphatic heterocycles. The van der Waals surface area contributed by atoms with Crippen molar-refractivity contribution in [2.75, 3.05) is 6.54 Å². The first kappa shape index (κ1) is 15.4. The van der Waals surface area contributed by atoms with Crippen LogP contribution in [0.3, 0.4) is 0 Å². The quantitative estimate of drug-likeness (QED) is 0.797. The minimum absolute atomic E-state index is 0.215. The number of aromatic nitrogens is 4. The number of nitrogens with one attached hydrogen (secondary N) is 1. The molecule has 0 radical (unpaired) electrons. The number of hydrogen-bond donors (Lipinski definition) is 1. The van der Waals surface area contributed by atoms with Crippen molar-refractivity contribution in [2.24, 2.45) is 0 Å². The zero-order chi connectivity index (χ0) is 16.2. The molecule has 0 aliphatic rings. The standard InChI is InChI=1S/C16H17N5OS/c1-3-7-18-16(22)21-9-6-13(20-21)14-11(2)19-15(23-14)12-5-4-8-17-10-12/h4-6,8-10H,3,7H2,1-2H3,(H,18,22). The summed E-state index contributed by atoms with van der Waals surface area (Å²) in [4.78, 5) is 21.6. The molecule has 3 aromatic rings. The molecule has 6 nitrogen and oxygen atoms in total. The summed E-state index contributed by atoms with van der Waals surface area (Å²) >= 11 is 1.55. The Morgan fingerprint density at radius 1 is 1.39 bits per heavy atom. The smallest absolute Gasteiger partial charge is 0.336 e. The molecule has 23 heavy (non-hydrogen) atoms. The van der Waals surface area contributed by atoms with Crippen LogP contribution in [-0.2, 0) is 0 Å². The molecule has 0 aliphatic carbocycles. The van der Waals surface area contributed by atoms with Gasteiger partial charge in [-0.15, -0.1) is 11.3 Å². The molecule has 3 rings (SSSR count). The fourth-order valence-electron chi connectivity index (χ4n) is 2.12. The lowest BCUT2D eigenvalue weighted by Gasteiger charge is -2.01. The molecule has 0 fully saturated rings. The number of carbonyl (C=O) groups is 1. The number of hydrogen-bond acceptors (Lipinski definition) is 5. The highest BCUT2D eigenvalue weighted by molar-refractivity contribution is 7.18. The molecule has 3 heterocycles. The minimum Gasteiger partial charge on any atom is -0.336 e. The van der Waals surface area contributed by atoms with Gasteiger partial charge in [0, 0.05) is 30.7 Å². The van der Waals surface area contributed by atoms with Crippen LogP contribution in [0.4, 0.5) is 4.79 Å². The van der Waals surface area contributed by atoms with Crippen LogP contribution >= 0.6 is 11.3 Å². The lowest BCUT2D eigenvalue weighted by atomic mass is 10.3. The summed E-state index contributed by atoms with van der Waals surface area (Å²) in [5.74, 6) is 0. The zero-order valence-corrected chi connectivity index (χ0v) is 13.8. The highest BCUT2D eigenvalue weighted by Crippen LogP contribution is 2.33. The average molecular weight is 327 g/mol. The summed E-state index contributed by atoms with van der Waals surface area (Å²) in [7, 11) is 0. The second-order valence-corrected chi connectivity index (χ2v) is 6.05. The van der Waals surface area contributed by atoms with Crippen LogP contribution in [0.2, 0.25) is 0 Å². The van der Waals surface area contributed by atoms with E-state index in [2.05, 4.69) is 20.4 Å². The Bertz CT molecular complexity index is 809. The van der Waals surface area contributed by atoms with Gasteiger partial charge in [-0.25, -0.2) is 9.78 Å². The zero-order valence-electron chi connectivity index (χ0n) is 13.0. The predicted molar refractivity (Wildman–Crippen MR) is 90.4 cm³/mol. The van der Waals surface area contributed by atoms with Gasteiger partial charge in [-0.2, -0.15) is 9.78 Å². The Hall–Kier alpha value is -2.54. The Morgan fingerprint density at radius 3 is 3.00 bits per heavy atom. The van der Waals surface area contributed by atoms with Crippen molar-refractivity contribution in [3.8, 4) is 21.1 Å². The van der Waals surface area contributed by atoms with Crippen LogP contribution < -0.4 is 5.32 Å². The van der Waals surface area contributed by atoms with Gasteiger partial charge in [0.05, 0.1) is 10.6 Å². The maximum atomic E-state index is 11.9.